The van der Waals surface area contributed by atoms with E-state index < -0.39 is 17.1 Å². The maximum atomic E-state index is 14.3. The summed E-state index contributed by atoms with van der Waals surface area (Å²) in [5.74, 6) is -0.149. The molecule has 1 aromatic carbocycles. The molecule has 0 unspecified atom stereocenters. The normalized spacial score (nSPS) is 11.5. The summed E-state index contributed by atoms with van der Waals surface area (Å²) in [6, 6.07) is 6.23. The Bertz CT molecular complexity index is 1410. The molecule has 0 N–H and O–H groups in total. The molecule has 8 nitrogen and oxygen atoms in total. The SMILES string of the molecule is CCc1cc(CC)n(-c2nc3c(c(=O)n(Cc4c(F)cccc4Cl)c(=O)n3C)n2C)n1. The predicted molar refractivity (Wildman–Crippen MR) is 117 cm³/mol. The number of halogens is 2. The molecule has 4 rings (SSSR count). The van der Waals surface area contributed by atoms with E-state index in [1.807, 2.05) is 19.9 Å². The van der Waals surface area contributed by atoms with Gasteiger partial charge in [-0.2, -0.15) is 10.1 Å². The van der Waals surface area contributed by atoms with Crippen molar-refractivity contribution in [1.29, 1.82) is 0 Å². The maximum Gasteiger partial charge on any atom is 0.332 e. The first-order valence-electron chi connectivity index (χ1n) is 9.95. The van der Waals surface area contributed by atoms with Gasteiger partial charge in [-0.1, -0.05) is 31.5 Å². The van der Waals surface area contributed by atoms with Crippen LogP contribution in [0.3, 0.4) is 0 Å². The van der Waals surface area contributed by atoms with E-state index in [0.29, 0.717) is 5.95 Å². The molecule has 3 aromatic heterocycles. The van der Waals surface area contributed by atoms with E-state index in [1.165, 1.54) is 29.8 Å². The molecule has 0 atom stereocenters. The molecule has 0 aliphatic heterocycles. The summed E-state index contributed by atoms with van der Waals surface area (Å²) in [7, 11) is 3.23. The minimum Gasteiger partial charge on any atom is -0.306 e. The zero-order chi connectivity index (χ0) is 22.4. The molecular formula is C21H22ClFN6O2. The van der Waals surface area contributed by atoms with Gasteiger partial charge in [0.05, 0.1) is 12.2 Å². The first-order chi connectivity index (χ1) is 14.8. The van der Waals surface area contributed by atoms with Gasteiger partial charge in [-0.25, -0.2) is 13.9 Å². The monoisotopic (exact) mass is 444 g/mol. The molecular weight excluding hydrogens is 423 g/mol. The summed E-state index contributed by atoms with van der Waals surface area (Å²) in [5, 5.41) is 4.74. The fourth-order valence-corrected chi connectivity index (χ4v) is 3.90. The van der Waals surface area contributed by atoms with E-state index in [1.54, 1.807) is 16.3 Å². The highest BCUT2D eigenvalue weighted by Crippen LogP contribution is 2.20. The van der Waals surface area contributed by atoms with Gasteiger partial charge in [-0.3, -0.25) is 13.9 Å². The van der Waals surface area contributed by atoms with Gasteiger partial charge >= 0.3 is 5.69 Å². The second-order valence-corrected chi connectivity index (χ2v) is 7.73. The lowest BCUT2D eigenvalue weighted by atomic mass is 10.2. The van der Waals surface area contributed by atoms with Crippen molar-refractivity contribution in [1.82, 2.24) is 28.5 Å². The van der Waals surface area contributed by atoms with Crippen LogP contribution in [-0.4, -0.2) is 28.5 Å². The minimum absolute atomic E-state index is 0.0815. The van der Waals surface area contributed by atoms with Crippen molar-refractivity contribution in [2.75, 3.05) is 0 Å². The van der Waals surface area contributed by atoms with E-state index >= 15 is 0 Å². The van der Waals surface area contributed by atoms with Gasteiger partial charge in [0.1, 0.15) is 5.82 Å². The fraction of sp³-hybridized carbons (Fsp3) is 0.333. The van der Waals surface area contributed by atoms with E-state index in [0.717, 1.165) is 28.8 Å². The molecule has 31 heavy (non-hydrogen) atoms. The number of hydrogen-bond acceptors (Lipinski definition) is 4. The van der Waals surface area contributed by atoms with Crippen molar-refractivity contribution in [3.8, 4) is 5.95 Å². The lowest BCUT2D eigenvalue weighted by Crippen LogP contribution is -2.40. The van der Waals surface area contributed by atoms with E-state index in [-0.39, 0.29) is 28.3 Å². The number of rotatable bonds is 5. The van der Waals surface area contributed by atoms with Crippen LogP contribution in [0.5, 0.6) is 0 Å². The van der Waals surface area contributed by atoms with Gasteiger partial charge < -0.3 is 4.57 Å². The molecule has 162 valence electrons. The molecule has 0 saturated carbocycles. The van der Waals surface area contributed by atoms with Crippen molar-refractivity contribution < 1.29 is 4.39 Å². The highest BCUT2D eigenvalue weighted by atomic mass is 35.5. The third kappa shape index (κ3) is 3.29. The maximum absolute atomic E-state index is 14.3. The third-order valence-corrected chi connectivity index (χ3v) is 5.82. The van der Waals surface area contributed by atoms with Crippen LogP contribution in [0.25, 0.3) is 17.1 Å². The van der Waals surface area contributed by atoms with Crippen LogP contribution in [0.2, 0.25) is 5.02 Å². The van der Waals surface area contributed by atoms with Gasteiger partial charge in [0, 0.05) is 30.4 Å². The first-order valence-corrected chi connectivity index (χ1v) is 10.3. The lowest BCUT2D eigenvalue weighted by Gasteiger charge is -2.10. The average Bonchev–Trinajstić information content (AvgIpc) is 3.32. The summed E-state index contributed by atoms with van der Waals surface area (Å²) in [6.45, 7) is 3.74. The number of fused-ring (bicyclic) bond motifs is 1. The molecule has 0 aliphatic rings. The molecule has 3 heterocycles. The smallest absolute Gasteiger partial charge is 0.306 e. The number of benzene rings is 1. The number of nitrogens with zero attached hydrogens (tertiary/aromatic N) is 6. The second-order valence-electron chi connectivity index (χ2n) is 7.32. The average molecular weight is 445 g/mol. The minimum atomic E-state index is -0.605. The molecule has 10 heteroatoms. The number of hydrogen-bond donors (Lipinski definition) is 0. The zero-order valence-corrected chi connectivity index (χ0v) is 18.4. The van der Waals surface area contributed by atoms with Crippen LogP contribution >= 0.6 is 11.6 Å². The lowest BCUT2D eigenvalue weighted by molar-refractivity contribution is 0.582. The fourth-order valence-electron chi connectivity index (χ4n) is 3.68. The third-order valence-electron chi connectivity index (χ3n) is 5.46. The van der Waals surface area contributed by atoms with Crippen molar-refractivity contribution >= 4 is 22.8 Å². The first kappa shape index (κ1) is 21.0. The van der Waals surface area contributed by atoms with Gasteiger partial charge in [0.25, 0.3) is 5.56 Å². The molecule has 0 amide bonds. The molecule has 0 spiro atoms. The Morgan fingerprint density at radius 1 is 1.10 bits per heavy atom. The van der Waals surface area contributed by atoms with Gasteiger partial charge in [0.15, 0.2) is 11.2 Å². The largest absolute Gasteiger partial charge is 0.332 e. The van der Waals surface area contributed by atoms with Crippen molar-refractivity contribution in [2.45, 2.75) is 33.2 Å². The Morgan fingerprint density at radius 2 is 1.84 bits per heavy atom. The van der Waals surface area contributed by atoms with Crippen molar-refractivity contribution in [3.05, 3.63) is 72.9 Å². The predicted octanol–water partition coefficient (Wildman–Crippen LogP) is 2.59. The summed E-state index contributed by atoms with van der Waals surface area (Å²) >= 11 is 6.11. The van der Waals surface area contributed by atoms with Crippen LogP contribution in [0, 0.1) is 5.82 Å². The summed E-state index contributed by atoms with van der Waals surface area (Å²) < 4.78 is 19.9. The van der Waals surface area contributed by atoms with Crippen LogP contribution in [0.4, 0.5) is 4.39 Å². The van der Waals surface area contributed by atoms with E-state index in [2.05, 4.69) is 10.1 Å². The second kappa shape index (κ2) is 7.81. The molecule has 4 aromatic rings. The Morgan fingerprint density at radius 3 is 2.48 bits per heavy atom. The van der Waals surface area contributed by atoms with E-state index in [9.17, 15) is 14.0 Å². The molecule has 0 radical (unpaired) electrons. The number of aromatic nitrogens is 6. The van der Waals surface area contributed by atoms with Gasteiger partial charge in [-0.15, -0.1) is 0 Å². The Kier molecular flexibility index (Phi) is 5.30. The van der Waals surface area contributed by atoms with Crippen molar-refractivity contribution in [3.63, 3.8) is 0 Å². The van der Waals surface area contributed by atoms with Crippen LogP contribution < -0.4 is 11.2 Å². The number of imidazole rings is 1. The Hall–Kier alpha value is -3.20. The summed E-state index contributed by atoms with van der Waals surface area (Å²) in [5.41, 5.74) is 1.21. The molecule has 0 bridgehead atoms. The van der Waals surface area contributed by atoms with Gasteiger partial charge in [0.2, 0.25) is 5.95 Å². The van der Waals surface area contributed by atoms with Crippen LogP contribution in [-0.2, 0) is 33.5 Å². The summed E-state index contributed by atoms with van der Waals surface area (Å²) in [6.07, 6.45) is 1.49. The Labute approximate surface area is 182 Å². The molecule has 0 saturated heterocycles. The highest BCUT2D eigenvalue weighted by molar-refractivity contribution is 6.31. The topological polar surface area (TPSA) is 79.6 Å². The zero-order valence-electron chi connectivity index (χ0n) is 17.7. The standard InChI is InChI=1S/C21H22ClFN6O2/c1-5-12-10-13(6-2)29(25-12)20-24-18-17(26(20)3)19(30)28(21(31)27(18)4)11-14-15(22)8-7-9-16(14)23/h7-10H,5-6,11H2,1-4H3. The van der Waals surface area contributed by atoms with Crippen LogP contribution in [0.15, 0.2) is 33.9 Å². The van der Waals surface area contributed by atoms with Crippen molar-refractivity contribution in [2.24, 2.45) is 14.1 Å². The quantitative estimate of drug-likeness (QED) is 0.474. The van der Waals surface area contributed by atoms with Crippen LogP contribution in [0.1, 0.15) is 30.8 Å². The molecule has 0 aliphatic carbocycles. The summed E-state index contributed by atoms with van der Waals surface area (Å²) in [4.78, 5) is 30.8. The molecule has 0 fully saturated rings. The van der Waals surface area contributed by atoms with Gasteiger partial charge in [-0.05, 0) is 31.0 Å². The number of aryl methyl sites for hydroxylation is 4. The Balaban J connectivity index is 1.98. The highest BCUT2D eigenvalue weighted by Gasteiger charge is 2.22. The van der Waals surface area contributed by atoms with E-state index in [4.69, 9.17) is 11.6 Å².